The average molecular weight is 152 g/mol. The van der Waals surface area contributed by atoms with E-state index in [1.165, 1.54) is 12.3 Å². The lowest BCUT2D eigenvalue weighted by atomic mass is 10.2. The van der Waals surface area contributed by atoms with Crippen molar-refractivity contribution in [2.75, 3.05) is 0 Å². The molecule has 0 aromatic carbocycles. The van der Waals surface area contributed by atoms with Gasteiger partial charge in [-0.25, -0.2) is 0 Å². The van der Waals surface area contributed by atoms with Crippen LogP contribution < -0.4 is 0 Å². The van der Waals surface area contributed by atoms with E-state index in [2.05, 4.69) is 0 Å². The molecule has 58 valence electrons. The first-order chi connectivity index (χ1) is 5.27. The van der Waals surface area contributed by atoms with E-state index in [1.807, 2.05) is 0 Å². The van der Waals surface area contributed by atoms with E-state index in [0.29, 0.717) is 18.3 Å². The zero-order valence-electron chi connectivity index (χ0n) is 6.16. The third kappa shape index (κ3) is 1.55. The molecular formula is C8H8O3. The highest BCUT2D eigenvalue weighted by atomic mass is 16.3. The van der Waals surface area contributed by atoms with Gasteiger partial charge in [-0.3, -0.25) is 9.59 Å². The average Bonchev–Trinajstić information content (AvgIpc) is 2.50. The molecule has 0 aliphatic rings. The van der Waals surface area contributed by atoms with Gasteiger partial charge in [-0.15, -0.1) is 0 Å². The van der Waals surface area contributed by atoms with Crippen molar-refractivity contribution in [3.63, 3.8) is 0 Å². The molecule has 1 heterocycles. The second kappa shape index (κ2) is 3.14. The Balaban J connectivity index is 2.88. The fraction of sp³-hybridized carbons (Fsp3) is 0.250. The first-order valence-corrected chi connectivity index (χ1v) is 3.35. The number of rotatable bonds is 3. The van der Waals surface area contributed by atoms with E-state index in [-0.39, 0.29) is 11.5 Å². The van der Waals surface area contributed by atoms with Crippen LogP contribution in [-0.4, -0.2) is 12.1 Å². The van der Waals surface area contributed by atoms with Gasteiger partial charge in [0, 0.05) is 6.42 Å². The number of hydrogen-bond acceptors (Lipinski definition) is 3. The predicted octanol–water partition coefficient (Wildman–Crippen LogP) is 1.68. The minimum atomic E-state index is -0.0122. The predicted molar refractivity (Wildman–Crippen MR) is 38.7 cm³/mol. The SMILES string of the molecule is CCC(=O)c1coc(C=O)c1. The van der Waals surface area contributed by atoms with Gasteiger partial charge in [0.05, 0.1) is 5.56 Å². The Bertz CT molecular complexity index is 273. The maximum absolute atomic E-state index is 11.0. The summed E-state index contributed by atoms with van der Waals surface area (Å²) >= 11 is 0. The Hall–Kier alpha value is -1.38. The lowest BCUT2D eigenvalue weighted by Gasteiger charge is -1.85. The van der Waals surface area contributed by atoms with Gasteiger partial charge in [-0.2, -0.15) is 0 Å². The molecule has 0 aliphatic heterocycles. The van der Waals surface area contributed by atoms with E-state index in [9.17, 15) is 9.59 Å². The summed E-state index contributed by atoms with van der Waals surface area (Å²) in [7, 11) is 0. The summed E-state index contributed by atoms with van der Waals surface area (Å²) in [6.07, 6.45) is 2.31. The maximum atomic E-state index is 11.0. The maximum Gasteiger partial charge on any atom is 0.185 e. The van der Waals surface area contributed by atoms with Gasteiger partial charge >= 0.3 is 0 Å². The van der Waals surface area contributed by atoms with Crippen LogP contribution in [0.25, 0.3) is 0 Å². The number of aldehydes is 1. The minimum Gasteiger partial charge on any atom is -0.461 e. The van der Waals surface area contributed by atoms with Crippen molar-refractivity contribution in [2.24, 2.45) is 0 Å². The summed E-state index contributed by atoms with van der Waals surface area (Å²) in [5.74, 6) is 0.184. The number of furan rings is 1. The molecule has 0 radical (unpaired) electrons. The van der Waals surface area contributed by atoms with Gasteiger partial charge in [0.1, 0.15) is 6.26 Å². The van der Waals surface area contributed by atoms with Gasteiger partial charge in [-0.1, -0.05) is 6.92 Å². The highest BCUT2D eigenvalue weighted by Crippen LogP contribution is 2.07. The van der Waals surface area contributed by atoms with E-state index < -0.39 is 0 Å². The Kier molecular flexibility index (Phi) is 2.21. The number of ketones is 1. The lowest BCUT2D eigenvalue weighted by molar-refractivity contribution is 0.0987. The van der Waals surface area contributed by atoms with E-state index in [4.69, 9.17) is 4.42 Å². The third-order valence-electron chi connectivity index (χ3n) is 1.38. The summed E-state index contributed by atoms with van der Waals surface area (Å²) < 4.78 is 4.75. The quantitative estimate of drug-likeness (QED) is 0.489. The molecule has 3 nitrogen and oxygen atoms in total. The van der Waals surface area contributed by atoms with Crippen LogP contribution in [0.2, 0.25) is 0 Å². The summed E-state index contributed by atoms with van der Waals surface area (Å²) in [6.45, 7) is 1.76. The highest BCUT2D eigenvalue weighted by Gasteiger charge is 2.06. The zero-order valence-corrected chi connectivity index (χ0v) is 6.16. The standard InChI is InChI=1S/C8H8O3/c1-2-8(10)6-3-7(4-9)11-5-6/h3-5H,2H2,1H3. The van der Waals surface area contributed by atoms with Crippen molar-refractivity contribution in [3.8, 4) is 0 Å². The van der Waals surface area contributed by atoms with E-state index in [1.54, 1.807) is 6.92 Å². The smallest absolute Gasteiger partial charge is 0.185 e. The lowest BCUT2D eigenvalue weighted by Crippen LogP contribution is -1.92. The molecule has 0 spiro atoms. The number of carbonyl (C=O) groups is 2. The fourth-order valence-corrected chi connectivity index (χ4v) is 0.765. The van der Waals surface area contributed by atoms with Crippen molar-refractivity contribution in [2.45, 2.75) is 13.3 Å². The molecule has 11 heavy (non-hydrogen) atoms. The molecule has 0 saturated carbocycles. The normalized spacial score (nSPS) is 9.55. The molecular weight excluding hydrogens is 144 g/mol. The number of carbonyl (C=O) groups excluding carboxylic acids is 2. The molecule has 1 aromatic rings. The second-order valence-electron chi connectivity index (χ2n) is 2.13. The molecule has 1 rings (SSSR count). The van der Waals surface area contributed by atoms with Crippen molar-refractivity contribution < 1.29 is 14.0 Å². The molecule has 0 amide bonds. The number of hydrogen-bond donors (Lipinski definition) is 0. The fourth-order valence-electron chi connectivity index (χ4n) is 0.765. The second-order valence-corrected chi connectivity index (χ2v) is 2.13. The first kappa shape index (κ1) is 7.72. The van der Waals surface area contributed by atoms with Crippen LogP contribution >= 0.6 is 0 Å². The van der Waals surface area contributed by atoms with Gasteiger partial charge in [-0.05, 0) is 6.07 Å². The molecule has 0 fully saturated rings. The molecule has 0 N–H and O–H groups in total. The molecule has 0 saturated heterocycles. The van der Waals surface area contributed by atoms with Gasteiger partial charge in [0.2, 0.25) is 0 Å². The molecule has 1 aromatic heterocycles. The highest BCUT2D eigenvalue weighted by molar-refractivity contribution is 5.96. The molecule has 3 heteroatoms. The summed E-state index contributed by atoms with van der Waals surface area (Å²) in [5, 5.41) is 0. The third-order valence-corrected chi connectivity index (χ3v) is 1.38. The van der Waals surface area contributed by atoms with Gasteiger partial charge in [0.15, 0.2) is 17.8 Å². The summed E-state index contributed by atoms with van der Waals surface area (Å²) in [5.41, 5.74) is 0.467. The van der Waals surface area contributed by atoms with Crippen molar-refractivity contribution >= 4 is 12.1 Å². The molecule has 0 aliphatic carbocycles. The van der Waals surface area contributed by atoms with Crippen molar-refractivity contribution in [3.05, 3.63) is 23.7 Å². The Morgan fingerprint density at radius 3 is 2.91 bits per heavy atom. The van der Waals surface area contributed by atoms with Crippen LogP contribution in [0.4, 0.5) is 0 Å². The van der Waals surface area contributed by atoms with E-state index in [0.717, 1.165) is 0 Å². The van der Waals surface area contributed by atoms with Crippen molar-refractivity contribution in [1.29, 1.82) is 0 Å². The van der Waals surface area contributed by atoms with Gasteiger partial charge < -0.3 is 4.42 Å². The van der Waals surface area contributed by atoms with Crippen LogP contribution in [0.1, 0.15) is 34.3 Å². The van der Waals surface area contributed by atoms with Crippen LogP contribution in [0.3, 0.4) is 0 Å². The van der Waals surface area contributed by atoms with Crippen LogP contribution in [0.5, 0.6) is 0 Å². The molecule has 0 atom stereocenters. The van der Waals surface area contributed by atoms with Gasteiger partial charge in [0.25, 0.3) is 0 Å². The van der Waals surface area contributed by atoms with Crippen molar-refractivity contribution in [1.82, 2.24) is 0 Å². The topological polar surface area (TPSA) is 47.3 Å². The number of Topliss-reactive ketones (excluding diaryl/α,β-unsaturated/α-hetero) is 1. The summed E-state index contributed by atoms with van der Waals surface area (Å²) in [4.78, 5) is 21.1. The molecule has 0 unspecified atom stereocenters. The summed E-state index contributed by atoms with van der Waals surface area (Å²) in [6, 6.07) is 1.44. The molecule has 0 bridgehead atoms. The Morgan fingerprint density at radius 1 is 1.73 bits per heavy atom. The first-order valence-electron chi connectivity index (χ1n) is 3.35. The Labute approximate surface area is 64.0 Å². The van der Waals surface area contributed by atoms with Crippen LogP contribution in [0.15, 0.2) is 16.7 Å². The zero-order chi connectivity index (χ0) is 8.27. The monoisotopic (exact) mass is 152 g/mol. The minimum absolute atomic E-state index is 0.0122. The van der Waals surface area contributed by atoms with E-state index >= 15 is 0 Å². The van der Waals surface area contributed by atoms with Crippen LogP contribution in [0, 0.1) is 0 Å². The van der Waals surface area contributed by atoms with Crippen LogP contribution in [-0.2, 0) is 0 Å². The largest absolute Gasteiger partial charge is 0.461 e. The Morgan fingerprint density at radius 2 is 2.45 bits per heavy atom.